The highest BCUT2D eigenvalue weighted by Gasteiger charge is 2.43. The van der Waals surface area contributed by atoms with Gasteiger partial charge in [-0.2, -0.15) is 0 Å². The zero-order valence-corrected chi connectivity index (χ0v) is 23.2. The van der Waals surface area contributed by atoms with Crippen LogP contribution in [0.15, 0.2) is 24.3 Å². The molecule has 1 aliphatic carbocycles. The molecule has 1 saturated carbocycles. The van der Waals surface area contributed by atoms with Crippen LogP contribution in [-0.4, -0.2) is 51.1 Å². The fourth-order valence-electron chi connectivity index (χ4n) is 4.54. The predicted octanol–water partition coefficient (Wildman–Crippen LogP) is 5.06. The Bertz CT molecular complexity index is 893. The second-order valence-corrected chi connectivity index (χ2v) is 12.1. The second-order valence-electron chi connectivity index (χ2n) is 12.1. The Hall–Kier alpha value is -2.77. The summed E-state index contributed by atoms with van der Waals surface area (Å²) in [6.45, 7) is 14.6. The molecular weight excluding hydrogens is 458 g/mol. The molecule has 1 aliphatic rings. The van der Waals surface area contributed by atoms with Crippen LogP contribution in [0.2, 0.25) is 0 Å². The van der Waals surface area contributed by atoms with E-state index in [1.807, 2.05) is 34.6 Å². The van der Waals surface area contributed by atoms with Crippen LogP contribution in [0.3, 0.4) is 0 Å². The fourth-order valence-corrected chi connectivity index (χ4v) is 4.54. The van der Waals surface area contributed by atoms with Crippen molar-refractivity contribution >= 4 is 17.9 Å². The zero-order valence-electron chi connectivity index (χ0n) is 23.2. The van der Waals surface area contributed by atoms with Crippen molar-refractivity contribution in [1.29, 1.82) is 0 Å². The lowest BCUT2D eigenvalue weighted by molar-refractivity contribution is -0.149. The Morgan fingerprint density at radius 2 is 1.53 bits per heavy atom. The van der Waals surface area contributed by atoms with Crippen LogP contribution < -0.4 is 10.6 Å². The van der Waals surface area contributed by atoms with Gasteiger partial charge in [-0.25, -0.2) is 4.79 Å². The van der Waals surface area contributed by atoms with Gasteiger partial charge >= 0.3 is 6.09 Å². The molecule has 0 spiro atoms. The topological polar surface area (TPSA) is 108 Å². The van der Waals surface area contributed by atoms with Crippen LogP contribution in [0, 0.1) is 5.92 Å². The van der Waals surface area contributed by atoms with Crippen molar-refractivity contribution in [3.63, 3.8) is 0 Å². The largest absolute Gasteiger partial charge is 0.508 e. The van der Waals surface area contributed by atoms with Crippen LogP contribution >= 0.6 is 0 Å². The van der Waals surface area contributed by atoms with E-state index in [4.69, 9.17) is 4.74 Å². The van der Waals surface area contributed by atoms with E-state index in [0.29, 0.717) is 5.56 Å². The highest BCUT2D eigenvalue weighted by molar-refractivity contribution is 5.93. The molecule has 0 bridgehead atoms. The molecule has 3 N–H and O–H groups in total. The standard InChI is InChI=1S/C28H45N3O5/c1-18(2)22(30-26(35)36-28(6,7)8)25(34)31(27(3,4)5)23(19-14-16-21(32)17-15-19)24(33)29-20-12-10-9-11-13-20/h14-18,20,22-23,32H,9-13H2,1-8H3,(H,29,33)(H,30,35). The van der Waals surface area contributed by atoms with Gasteiger partial charge in [0.1, 0.15) is 23.4 Å². The van der Waals surface area contributed by atoms with Crippen molar-refractivity contribution in [2.45, 2.75) is 117 Å². The molecule has 1 aromatic rings. The first-order chi connectivity index (χ1) is 16.6. The van der Waals surface area contributed by atoms with Gasteiger partial charge in [0.25, 0.3) is 0 Å². The summed E-state index contributed by atoms with van der Waals surface area (Å²) >= 11 is 0. The van der Waals surface area contributed by atoms with Crippen LogP contribution in [0.25, 0.3) is 0 Å². The van der Waals surface area contributed by atoms with Crippen LogP contribution in [-0.2, 0) is 14.3 Å². The average Bonchev–Trinajstić information content (AvgIpc) is 2.74. The molecule has 202 valence electrons. The lowest BCUT2D eigenvalue weighted by Crippen LogP contribution is -2.60. The fraction of sp³-hybridized carbons (Fsp3) is 0.679. The van der Waals surface area contributed by atoms with Gasteiger partial charge < -0.3 is 25.4 Å². The Balaban J connectivity index is 2.48. The first-order valence-corrected chi connectivity index (χ1v) is 13.0. The Morgan fingerprint density at radius 1 is 0.972 bits per heavy atom. The summed E-state index contributed by atoms with van der Waals surface area (Å²) in [6.07, 6.45) is 4.42. The molecule has 8 nitrogen and oxygen atoms in total. The number of alkyl carbamates (subject to hydrolysis) is 1. The molecule has 0 aliphatic heterocycles. The van der Waals surface area contributed by atoms with Gasteiger partial charge in [0.05, 0.1) is 0 Å². The minimum atomic E-state index is -0.943. The molecular formula is C28H45N3O5. The number of aromatic hydroxyl groups is 1. The summed E-state index contributed by atoms with van der Waals surface area (Å²) in [4.78, 5) is 42.1. The van der Waals surface area contributed by atoms with E-state index in [1.165, 1.54) is 12.1 Å². The number of phenolic OH excluding ortho intramolecular Hbond substituents is 1. The monoisotopic (exact) mass is 503 g/mol. The lowest BCUT2D eigenvalue weighted by atomic mass is 9.91. The molecule has 1 fully saturated rings. The summed E-state index contributed by atoms with van der Waals surface area (Å²) in [5, 5.41) is 15.8. The number of nitrogens with one attached hydrogen (secondary N) is 2. The van der Waals surface area contributed by atoms with Gasteiger partial charge in [-0.15, -0.1) is 0 Å². The summed E-state index contributed by atoms with van der Waals surface area (Å²) in [6, 6.07) is 4.57. The number of ether oxygens (including phenoxy) is 1. The lowest BCUT2D eigenvalue weighted by Gasteiger charge is -2.44. The SMILES string of the molecule is CC(C)C(NC(=O)OC(C)(C)C)C(=O)N(C(C(=O)NC1CCCCC1)c1ccc(O)cc1)C(C)(C)C. The molecule has 2 rings (SSSR count). The van der Waals surface area contributed by atoms with Crippen molar-refractivity contribution in [1.82, 2.24) is 15.5 Å². The van der Waals surface area contributed by atoms with E-state index >= 15 is 0 Å². The van der Waals surface area contributed by atoms with E-state index in [1.54, 1.807) is 37.8 Å². The Kier molecular flexibility index (Phi) is 9.80. The van der Waals surface area contributed by atoms with E-state index < -0.39 is 29.3 Å². The molecule has 2 unspecified atom stereocenters. The number of benzene rings is 1. The maximum Gasteiger partial charge on any atom is 0.408 e. The first-order valence-electron chi connectivity index (χ1n) is 13.0. The predicted molar refractivity (Wildman–Crippen MR) is 140 cm³/mol. The van der Waals surface area contributed by atoms with E-state index in [2.05, 4.69) is 10.6 Å². The number of carbonyl (C=O) groups is 3. The van der Waals surface area contributed by atoms with Crippen molar-refractivity contribution in [2.75, 3.05) is 0 Å². The molecule has 0 saturated heterocycles. The van der Waals surface area contributed by atoms with Gasteiger partial charge in [-0.05, 0) is 78.0 Å². The molecule has 3 amide bonds. The quantitative estimate of drug-likeness (QED) is 0.482. The highest BCUT2D eigenvalue weighted by Crippen LogP contribution is 2.32. The van der Waals surface area contributed by atoms with Gasteiger partial charge in [0.2, 0.25) is 11.8 Å². The number of hydrogen-bond acceptors (Lipinski definition) is 5. The number of carbonyl (C=O) groups excluding carboxylic acids is 3. The van der Waals surface area contributed by atoms with Gasteiger partial charge in [-0.1, -0.05) is 45.2 Å². The van der Waals surface area contributed by atoms with E-state index in [-0.39, 0.29) is 29.5 Å². The normalized spacial score (nSPS) is 16.7. The maximum atomic E-state index is 14.1. The van der Waals surface area contributed by atoms with Crippen molar-refractivity contribution < 1.29 is 24.2 Å². The summed E-state index contributed by atoms with van der Waals surface area (Å²) < 4.78 is 5.41. The molecule has 8 heteroatoms. The third-order valence-corrected chi connectivity index (χ3v) is 6.23. The average molecular weight is 504 g/mol. The number of nitrogens with zero attached hydrogens (tertiary/aromatic N) is 1. The van der Waals surface area contributed by atoms with Crippen molar-refractivity contribution in [3.05, 3.63) is 29.8 Å². The maximum absolute atomic E-state index is 14.1. The van der Waals surface area contributed by atoms with E-state index in [0.717, 1.165) is 32.1 Å². The number of phenols is 1. The summed E-state index contributed by atoms with van der Waals surface area (Å²) in [5.41, 5.74) is -0.886. The van der Waals surface area contributed by atoms with Gasteiger partial charge in [-0.3, -0.25) is 9.59 Å². The van der Waals surface area contributed by atoms with Crippen LogP contribution in [0.1, 0.15) is 99.1 Å². The molecule has 1 aromatic carbocycles. The zero-order chi connectivity index (χ0) is 27.3. The van der Waals surface area contributed by atoms with Crippen LogP contribution in [0.5, 0.6) is 5.75 Å². The van der Waals surface area contributed by atoms with Gasteiger partial charge in [0.15, 0.2) is 0 Å². The number of rotatable bonds is 7. The Morgan fingerprint density at radius 3 is 2.00 bits per heavy atom. The minimum Gasteiger partial charge on any atom is -0.508 e. The summed E-state index contributed by atoms with van der Waals surface area (Å²) in [5.74, 6) is -0.821. The van der Waals surface area contributed by atoms with Crippen molar-refractivity contribution in [3.8, 4) is 5.75 Å². The molecule has 0 heterocycles. The van der Waals surface area contributed by atoms with Crippen LogP contribution in [0.4, 0.5) is 4.79 Å². The highest BCUT2D eigenvalue weighted by atomic mass is 16.6. The van der Waals surface area contributed by atoms with Gasteiger partial charge in [0, 0.05) is 11.6 Å². The van der Waals surface area contributed by atoms with Crippen molar-refractivity contribution in [2.24, 2.45) is 5.92 Å². The molecule has 36 heavy (non-hydrogen) atoms. The Labute approximate surface area is 216 Å². The minimum absolute atomic E-state index is 0.0589. The summed E-state index contributed by atoms with van der Waals surface area (Å²) in [7, 11) is 0. The molecule has 2 atom stereocenters. The number of amides is 3. The molecule has 0 radical (unpaired) electrons. The third kappa shape index (κ3) is 8.42. The second kappa shape index (κ2) is 12.0. The number of hydrogen-bond donors (Lipinski definition) is 3. The van der Waals surface area contributed by atoms with E-state index in [9.17, 15) is 19.5 Å². The smallest absolute Gasteiger partial charge is 0.408 e. The molecule has 0 aromatic heterocycles. The first kappa shape index (κ1) is 29.5. The third-order valence-electron chi connectivity index (χ3n) is 6.23.